The van der Waals surface area contributed by atoms with Crippen molar-refractivity contribution in [3.05, 3.63) is 23.8 Å². The minimum Gasteiger partial charge on any atom is -0.324 e. The molecule has 0 aromatic heterocycles. The molecular weight excluding hydrogens is 110 g/mol. The van der Waals surface area contributed by atoms with Crippen LogP contribution in [-0.4, -0.2) is 6.04 Å². The Bertz CT molecular complexity index is 121. The fourth-order valence-electron chi connectivity index (χ4n) is 0.400. The highest BCUT2D eigenvalue weighted by molar-refractivity contribution is 5.13. The summed E-state index contributed by atoms with van der Waals surface area (Å²) in [5, 5.41) is 0. The average Bonchev–Trinajstić information content (AvgIpc) is 1.82. The lowest BCUT2D eigenvalue weighted by Gasteiger charge is -2.01. The van der Waals surface area contributed by atoms with E-state index in [1.54, 1.807) is 0 Å². The molecule has 9 heavy (non-hydrogen) atoms. The van der Waals surface area contributed by atoms with Gasteiger partial charge < -0.3 is 5.73 Å². The molecule has 0 amide bonds. The van der Waals surface area contributed by atoms with Gasteiger partial charge in [-0.3, -0.25) is 0 Å². The summed E-state index contributed by atoms with van der Waals surface area (Å²) in [5.41, 5.74) is 6.79. The number of allylic oxidation sites excluding steroid dienone is 3. The van der Waals surface area contributed by atoms with Crippen LogP contribution in [0.1, 0.15) is 20.8 Å². The molecule has 2 N–H and O–H groups in total. The minimum atomic E-state index is 0.182. The van der Waals surface area contributed by atoms with Gasteiger partial charge in [-0.15, -0.1) is 0 Å². The van der Waals surface area contributed by atoms with E-state index in [4.69, 9.17) is 5.73 Å². The van der Waals surface area contributed by atoms with E-state index in [9.17, 15) is 0 Å². The van der Waals surface area contributed by atoms with E-state index in [1.165, 1.54) is 5.57 Å². The molecule has 0 fully saturated rings. The minimum absolute atomic E-state index is 0.182. The van der Waals surface area contributed by atoms with Gasteiger partial charge in [-0.05, 0) is 20.8 Å². The third-order valence-corrected chi connectivity index (χ3v) is 1.27. The van der Waals surface area contributed by atoms with Crippen molar-refractivity contribution in [1.82, 2.24) is 0 Å². The van der Waals surface area contributed by atoms with E-state index < -0.39 is 0 Å². The van der Waals surface area contributed by atoms with E-state index in [1.807, 2.05) is 39.0 Å². The summed E-state index contributed by atoms with van der Waals surface area (Å²) in [7, 11) is 0. The van der Waals surface area contributed by atoms with E-state index in [0.717, 1.165) is 0 Å². The molecule has 52 valence electrons. The van der Waals surface area contributed by atoms with Gasteiger partial charge in [0, 0.05) is 6.04 Å². The Morgan fingerprint density at radius 2 is 2.11 bits per heavy atom. The van der Waals surface area contributed by atoms with Gasteiger partial charge in [0.2, 0.25) is 0 Å². The van der Waals surface area contributed by atoms with Gasteiger partial charge in [0.15, 0.2) is 0 Å². The topological polar surface area (TPSA) is 26.0 Å². The van der Waals surface area contributed by atoms with Crippen LogP contribution in [-0.2, 0) is 0 Å². The van der Waals surface area contributed by atoms with Gasteiger partial charge in [-0.25, -0.2) is 0 Å². The first-order chi connectivity index (χ1) is 4.18. The molecule has 1 heteroatoms. The Labute approximate surface area is 57.3 Å². The molecule has 0 aromatic rings. The van der Waals surface area contributed by atoms with E-state index in [0.29, 0.717) is 0 Å². The van der Waals surface area contributed by atoms with Crippen LogP contribution in [0.4, 0.5) is 0 Å². The predicted molar refractivity (Wildman–Crippen MR) is 42.2 cm³/mol. The summed E-state index contributed by atoms with van der Waals surface area (Å²) >= 11 is 0. The third kappa shape index (κ3) is 3.98. The summed E-state index contributed by atoms with van der Waals surface area (Å²) in [6, 6.07) is 0.182. The quantitative estimate of drug-likeness (QED) is 0.560. The fraction of sp³-hybridized carbons (Fsp3) is 0.500. The lowest BCUT2D eigenvalue weighted by atomic mass is 10.1. The number of nitrogens with two attached hydrogens (primary N) is 1. The van der Waals surface area contributed by atoms with Gasteiger partial charge in [0.1, 0.15) is 0 Å². The SMILES string of the molecule is CC=CC=C(C)C(C)N. The predicted octanol–water partition coefficient (Wildman–Crippen LogP) is 1.86. The van der Waals surface area contributed by atoms with Crippen LogP contribution in [0, 0.1) is 0 Å². The Hall–Kier alpha value is -0.560. The fourth-order valence-corrected chi connectivity index (χ4v) is 0.400. The van der Waals surface area contributed by atoms with Gasteiger partial charge in [-0.1, -0.05) is 23.8 Å². The van der Waals surface area contributed by atoms with Gasteiger partial charge in [0.05, 0.1) is 0 Å². The molecule has 1 unspecified atom stereocenters. The number of hydrogen-bond acceptors (Lipinski definition) is 1. The normalized spacial score (nSPS) is 16.7. The molecule has 0 rings (SSSR count). The van der Waals surface area contributed by atoms with Crippen LogP contribution in [0.15, 0.2) is 23.8 Å². The maximum atomic E-state index is 5.57. The van der Waals surface area contributed by atoms with Gasteiger partial charge in [0.25, 0.3) is 0 Å². The molecule has 0 aliphatic carbocycles. The van der Waals surface area contributed by atoms with Crippen molar-refractivity contribution in [1.29, 1.82) is 0 Å². The number of hydrogen-bond donors (Lipinski definition) is 1. The Kier molecular flexibility index (Phi) is 4.06. The van der Waals surface area contributed by atoms with Crippen LogP contribution in [0.25, 0.3) is 0 Å². The summed E-state index contributed by atoms with van der Waals surface area (Å²) in [6.45, 7) is 6.00. The smallest absolute Gasteiger partial charge is 0.0225 e. The van der Waals surface area contributed by atoms with Crippen molar-refractivity contribution < 1.29 is 0 Å². The Morgan fingerprint density at radius 1 is 1.56 bits per heavy atom. The van der Waals surface area contributed by atoms with E-state index >= 15 is 0 Å². The maximum absolute atomic E-state index is 5.57. The van der Waals surface area contributed by atoms with E-state index in [-0.39, 0.29) is 6.04 Å². The standard InChI is InChI=1S/C8H15N/c1-4-5-6-7(2)8(3)9/h4-6,8H,9H2,1-3H3. The molecule has 0 heterocycles. The maximum Gasteiger partial charge on any atom is 0.0225 e. The molecule has 0 aromatic carbocycles. The highest BCUT2D eigenvalue weighted by Gasteiger charge is 1.91. The Balaban J connectivity index is 3.84. The monoisotopic (exact) mass is 125 g/mol. The zero-order valence-corrected chi connectivity index (χ0v) is 6.39. The van der Waals surface area contributed by atoms with Crippen LogP contribution in [0.3, 0.4) is 0 Å². The van der Waals surface area contributed by atoms with Crippen molar-refractivity contribution in [2.75, 3.05) is 0 Å². The van der Waals surface area contributed by atoms with E-state index in [2.05, 4.69) is 0 Å². The van der Waals surface area contributed by atoms with Gasteiger partial charge >= 0.3 is 0 Å². The molecular formula is C8H15N. The van der Waals surface area contributed by atoms with Gasteiger partial charge in [-0.2, -0.15) is 0 Å². The molecule has 0 spiro atoms. The van der Waals surface area contributed by atoms with Crippen molar-refractivity contribution >= 4 is 0 Å². The highest BCUT2D eigenvalue weighted by atomic mass is 14.6. The molecule has 1 atom stereocenters. The molecule has 0 aliphatic rings. The lowest BCUT2D eigenvalue weighted by molar-refractivity contribution is 0.861. The molecule has 1 nitrogen and oxygen atoms in total. The van der Waals surface area contributed by atoms with Crippen LogP contribution >= 0.6 is 0 Å². The lowest BCUT2D eigenvalue weighted by Crippen LogP contribution is -2.15. The highest BCUT2D eigenvalue weighted by Crippen LogP contribution is 1.96. The van der Waals surface area contributed by atoms with Crippen LogP contribution in [0.2, 0.25) is 0 Å². The molecule has 0 saturated heterocycles. The largest absolute Gasteiger partial charge is 0.324 e. The molecule has 0 bridgehead atoms. The second-order valence-electron chi connectivity index (χ2n) is 2.23. The summed E-state index contributed by atoms with van der Waals surface area (Å²) in [6.07, 6.45) is 6.02. The molecule has 0 radical (unpaired) electrons. The van der Waals surface area contributed by atoms with Crippen molar-refractivity contribution in [2.45, 2.75) is 26.8 Å². The summed E-state index contributed by atoms with van der Waals surface area (Å²) < 4.78 is 0. The zero-order valence-electron chi connectivity index (χ0n) is 6.39. The first-order valence-electron chi connectivity index (χ1n) is 3.23. The van der Waals surface area contributed by atoms with Crippen LogP contribution in [0.5, 0.6) is 0 Å². The first kappa shape index (κ1) is 8.44. The molecule has 0 aliphatic heterocycles. The Morgan fingerprint density at radius 3 is 2.44 bits per heavy atom. The second kappa shape index (κ2) is 4.33. The first-order valence-corrected chi connectivity index (χ1v) is 3.23. The second-order valence-corrected chi connectivity index (χ2v) is 2.23. The number of rotatable bonds is 2. The average molecular weight is 125 g/mol. The third-order valence-electron chi connectivity index (χ3n) is 1.27. The van der Waals surface area contributed by atoms with Crippen molar-refractivity contribution in [2.24, 2.45) is 5.73 Å². The van der Waals surface area contributed by atoms with Crippen LogP contribution < -0.4 is 5.73 Å². The zero-order chi connectivity index (χ0) is 7.28. The summed E-state index contributed by atoms with van der Waals surface area (Å²) in [5.74, 6) is 0. The molecule has 0 saturated carbocycles. The summed E-state index contributed by atoms with van der Waals surface area (Å²) in [4.78, 5) is 0. The van der Waals surface area contributed by atoms with Crippen molar-refractivity contribution in [3.8, 4) is 0 Å². The van der Waals surface area contributed by atoms with Crippen molar-refractivity contribution in [3.63, 3.8) is 0 Å².